The third kappa shape index (κ3) is 4.58. The molecule has 2 heterocycles. The number of carbonyl (C=O) groups excluding carboxylic acids is 2. The zero-order chi connectivity index (χ0) is 22.1. The molecule has 5 rings (SSSR count). The number of rotatable bonds is 5. The summed E-state index contributed by atoms with van der Waals surface area (Å²) in [4.78, 5) is 26.3. The lowest BCUT2D eigenvalue weighted by atomic mass is 9.79. The summed E-state index contributed by atoms with van der Waals surface area (Å²) in [5.74, 6) is 0.484. The first-order valence-electron chi connectivity index (χ1n) is 12.7. The van der Waals surface area contributed by atoms with Gasteiger partial charge in [-0.15, -0.1) is 0 Å². The molecule has 174 valence electrons. The van der Waals surface area contributed by atoms with Gasteiger partial charge in [-0.2, -0.15) is 0 Å². The lowest BCUT2D eigenvalue weighted by Gasteiger charge is -2.36. The highest BCUT2D eigenvalue weighted by Crippen LogP contribution is 2.33. The van der Waals surface area contributed by atoms with Crippen molar-refractivity contribution in [2.45, 2.75) is 108 Å². The highest BCUT2D eigenvalue weighted by Gasteiger charge is 2.39. The van der Waals surface area contributed by atoms with Gasteiger partial charge in [0.15, 0.2) is 0 Å². The Morgan fingerprint density at radius 3 is 2.59 bits per heavy atom. The SMILES string of the molecule is O=C1CC[C@H](N2Cc3cc(C[C@H]4CCCC[C@@H]4NC4CCCCC4)ccc3C2=O)C(O)N1. The maximum atomic E-state index is 13.0. The number of benzene rings is 1. The molecule has 4 atom stereocenters. The lowest BCUT2D eigenvalue weighted by Crippen LogP contribution is -2.55. The average Bonchev–Trinajstić information content (AvgIpc) is 3.11. The van der Waals surface area contributed by atoms with E-state index in [-0.39, 0.29) is 17.9 Å². The van der Waals surface area contributed by atoms with E-state index in [1.54, 1.807) is 4.90 Å². The number of nitrogens with zero attached hydrogens (tertiary/aromatic N) is 1. The van der Waals surface area contributed by atoms with Crippen molar-refractivity contribution in [1.29, 1.82) is 0 Å². The zero-order valence-corrected chi connectivity index (χ0v) is 19.0. The molecule has 3 fully saturated rings. The Balaban J connectivity index is 1.25. The van der Waals surface area contributed by atoms with Crippen LogP contribution < -0.4 is 10.6 Å². The maximum absolute atomic E-state index is 13.0. The smallest absolute Gasteiger partial charge is 0.254 e. The van der Waals surface area contributed by atoms with Crippen LogP contribution in [0.5, 0.6) is 0 Å². The van der Waals surface area contributed by atoms with Crippen LogP contribution in [-0.4, -0.2) is 46.2 Å². The molecule has 1 saturated heterocycles. The minimum Gasteiger partial charge on any atom is -0.372 e. The number of fused-ring (bicyclic) bond motifs is 1. The topological polar surface area (TPSA) is 81.7 Å². The number of hydrogen-bond donors (Lipinski definition) is 3. The Hall–Kier alpha value is -1.92. The molecule has 0 radical (unpaired) electrons. The monoisotopic (exact) mass is 439 g/mol. The average molecular weight is 440 g/mol. The summed E-state index contributed by atoms with van der Waals surface area (Å²) in [5.41, 5.74) is 3.13. The fraction of sp³-hybridized carbons (Fsp3) is 0.692. The second kappa shape index (κ2) is 9.52. The molecule has 0 spiro atoms. The first-order valence-corrected chi connectivity index (χ1v) is 12.7. The van der Waals surface area contributed by atoms with Crippen LogP contribution in [0.1, 0.15) is 92.1 Å². The van der Waals surface area contributed by atoms with Crippen molar-refractivity contribution < 1.29 is 14.7 Å². The van der Waals surface area contributed by atoms with Crippen LogP contribution in [0, 0.1) is 5.92 Å². The summed E-state index contributed by atoms with van der Waals surface area (Å²) in [6.07, 6.45) is 12.9. The summed E-state index contributed by atoms with van der Waals surface area (Å²) in [7, 11) is 0. The maximum Gasteiger partial charge on any atom is 0.254 e. The molecular weight excluding hydrogens is 402 g/mol. The second-order valence-corrected chi connectivity index (χ2v) is 10.4. The Kier molecular flexibility index (Phi) is 6.51. The summed E-state index contributed by atoms with van der Waals surface area (Å²) < 4.78 is 0. The van der Waals surface area contributed by atoms with Crippen molar-refractivity contribution in [3.05, 3.63) is 34.9 Å². The van der Waals surface area contributed by atoms with E-state index in [1.165, 1.54) is 63.4 Å². The molecule has 1 aromatic rings. The summed E-state index contributed by atoms with van der Waals surface area (Å²) in [5, 5.41) is 16.9. The Bertz CT molecular complexity index is 851. The van der Waals surface area contributed by atoms with Crippen LogP contribution in [-0.2, 0) is 17.8 Å². The molecular formula is C26H37N3O3. The third-order valence-electron chi connectivity index (χ3n) is 8.20. The molecule has 2 saturated carbocycles. The molecule has 2 aliphatic carbocycles. The number of piperidine rings is 1. The molecule has 1 unspecified atom stereocenters. The first-order chi connectivity index (χ1) is 15.6. The van der Waals surface area contributed by atoms with Crippen molar-refractivity contribution in [3.63, 3.8) is 0 Å². The van der Waals surface area contributed by atoms with Crippen LogP contribution in [0.2, 0.25) is 0 Å². The zero-order valence-electron chi connectivity index (χ0n) is 19.0. The van der Waals surface area contributed by atoms with Crippen LogP contribution in [0.25, 0.3) is 0 Å². The Labute approximate surface area is 191 Å². The van der Waals surface area contributed by atoms with Crippen LogP contribution >= 0.6 is 0 Å². The minimum atomic E-state index is -0.983. The number of hydrogen-bond acceptors (Lipinski definition) is 4. The normalized spacial score (nSPS) is 31.5. The first kappa shape index (κ1) is 21.9. The fourth-order valence-corrected chi connectivity index (χ4v) is 6.43. The van der Waals surface area contributed by atoms with E-state index < -0.39 is 6.23 Å². The highest BCUT2D eigenvalue weighted by atomic mass is 16.3. The van der Waals surface area contributed by atoms with E-state index >= 15 is 0 Å². The highest BCUT2D eigenvalue weighted by molar-refractivity contribution is 5.98. The molecule has 32 heavy (non-hydrogen) atoms. The molecule has 6 nitrogen and oxygen atoms in total. The van der Waals surface area contributed by atoms with Crippen molar-refractivity contribution in [1.82, 2.24) is 15.5 Å². The quantitative estimate of drug-likeness (QED) is 0.658. The van der Waals surface area contributed by atoms with Crippen molar-refractivity contribution >= 4 is 11.8 Å². The van der Waals surface area contributed by atoms with Gasteiger partial charge in [0.05, 0.1) is 6.04 Å². The summed E-state index contributed by atoms with van der Waals surface area (Å²) in [6, 6.07) is 7.28. The van der Waals surface area contributed by atoms with Gasteiger partial charge in [-0.25, -0.2) is 0 Å². The van der Waals surface area contributed by atoms with Gasteiger partial charge in [0.2, 0.25) is 5.91 Å². The van der Waals surface area contributed by atoms with Gasteiger partial charge in [0, 0.05) is 30.6 Å². The molecule has 0 bridgehead atoms. The van der Waals surface area contributed by atoms with E-state index in [2.05, 4.69) is 22.8 Å². The fourth-order valence-electron chi connectivity index (χ4n) is 6.43. The van der Waals surface area contributed by atoms with Crippen LogP contribution in [0.3, 0.4) is 0 Å². The molecule has 4 aliphatic rings. The van der Waals surface area contributed by atoms with Gasteiger partial charge >= 0.3 is 0 Å². The second-order valence-electron chi connectivity index (χ2n) is 10.4. The van der Waals surface area contributed by atoms with E-state index in [0.717, 1.165) is 17.5 Å². The number of aliphatic hydroxyl groups is 1. The van der Waals surface area contributed by atoms with Gasteiger partial charge < -0.3 is 20.6 Å². The molecule has 3 N–H and O–H groups in total. The molecule has 2 aliphatic heterocycles. The van der Waals surface area contributed by atoms with E-state index in [9.17, 15) is 14.7 Å². The molecule has 6 heteroatoms. The minimum absolute atomic E-state index is 0.0266. The third-order valence-corrected chi connectivity index (χ3v) is 8.20. The van der Waals surface area contributed by atoms with E-state index in [4.69, 9.17) is 0 Å². The van der Waals surface area contributed by atoms with E-state index in [0.29, 0.717) is 37.4 Å². The van der Waals surface area contributed by atoms with Gasteiger partial charge in [-0.05, 0) is 61.6 Å². The number of aliphatic hydroxyl groups excluding tert-OH is 1. The summed E-state index contributed by atoms with van der Waals surface area (Å²) >= 11 is 0. The predicted molar refractivity (Wildman–Crippen MR) is 123 cm³/mol. The van der Waals surface area contributed by atoms with Gasteiger partial charge in [-0.1, -0.05) is 44.2 Å². The Morgan fingerprint density at radius 2 is 1.78 bits per heavy atom. The van der Waals surface area contributed by atoms with Gasteiger partial charge in [0.1, 0.15) is 6.23 Å². The summed E-state index contributed by atoms with van der Waals surface area (Å²) in [6.45, 7) is 0.522. The number of nitrogens with one attached hydrogen (secondary N) is 2. The van der Waals surface area contributed by atoms with Crippen molar-refractivity contribution in [2.75, 3.05) is 0 Å². The standard InChI is InChI=1S/C26H37N3O3/c30-24-13-12-23(25(31)28-24)29-16-19-15-17(10-11-21(19)26(29)32)14-18-6-4-5-9-22(18)27-20-7-2-1-3-8-20/h10-11,15,18,20,22-23,25,27,31H,1-9,12-14,16H2,(H,28,30)/t18-,22+,23+,25?/m1/s1. The Morgan fingerprint density at radius 1 is 1.00 bits per heavy atom. The number of carbonyl (C=O) groups is 2. The van der Waals surface area contributed by atoms with Gasteiger partial charge in [0.25, 0.3) is 5.91 Å². The molecule has 1 aromatic carbocycles. The predicted octanol–water partition coefficient (Wildman–Crippen LogP) is 3.26. The van der Waals surface area contributed by atoms with Gasteiger partial charge in [-0.3, -0.25) is 9.59 Å². The molecule has 2 amide bonds. The van der Waals surface area contributed by atoms with Crippen LogP contribution in [0.4, 0.5) is 0 Å². The largest absolute Gasteiger partial charge is 0.372 e. The van der Waals surface area contributed by atoms with E-state index in [1.807, 2.05) is 6.07 Å². The van der Waals surface area contributed by atoms with Crippen LogP contribution in [0.15, 0.2) is 18.2 Å². The lowest BCUT2D eigenvalue weighted by molar-refractivity contribution is -0.129. The number of amides is 2. The van der Waals surface area contributed by atoms with Crippen molar-refractivity contribution in [3.8, 4) is 0 Å². The van der Waals surface area contributed by atoms with Crippen molar-refractivity contribution in [2.24, 2.45) is 5.92 Å². The molecule has 0 aromatic heterocycles.